The molecule has 0 atom stereocenters. The van der Waals surface area contributed by atoms with E-state index in [2.05, 4.69) is 21.5 Å². The highest BCUT2D eigenvalue weighted by molar-refractivity contribution is 5.20. The third-order valence-electron chi connectivity index (χ3n) is 2.66. The Morgan fingerprint density at radius 3 is 3.06 bits per heavy atom. The van der Waals surface area contributed by atoms with Gasteiger partial charge in [0.15, 0.2) is 5.75 Å². The standard InChI is InChI=1S/C13H18N4O/c1-3-17-9-12(8-16-17)18-10-13-11(7-14-2)5-4-6-15-13/h4-6,8-9,14H,3,7,10H2,1-2H3. The van der Waals surface area contributed by atoms with Crippen LogP contribution in [0.3, 0.4) is 0 Å². The first-order valence-corrected chi connectivity index (χ1v) is 6.06. The maximum Gasteiger partial charge on any atom is 0.157 e. The van der Waals surface area contributed by atoms with E-state index in [-0.39, 0.29) is 0 Å². The van der Waals surface area contributed by atoms with Crippen molar-refractivity contribution in [2.24, 2.45) is 0 Å². The van der Waals surface area contributed by atoms with Gasteiger partial charge in [0.2, 0.25) is 0 Å². The van der Waals surface area contributed by atoms with E-state index in [1.807, 2.05) is 30.9 Å². The lowest BCUT2D eigenvalue weighted by Crippen LogP contribution is -2.10. The molecule has 0 aliphatic carbocycles. The van der Waals surface area contributed by atoms with Crippen molar-refractivity contribution >= 4 is 0 Å². The second kappa shape index (κ2) is 6.16. The number of aryl methyl sites for hydroxylation is 1. The predicted molar refractivity (Wildman–Crippen MR) is 69.2 cm³/mol. The molecule has 0 saturated carbocycles. The molecule has 5 nitrogen and oxygen atoms in total. The molecule has 0 unspecified atom stereocenters. The molecule has 0 aromatic carbocycles. The number of ether oxygens (including phenoxy) is 1. The Morgan fingerprint density at radius 1 is 1.44 bits per heavy atom. The molecule has 0 radical (unpaired) electrons. The fourth-order valence-corrected chi connectivity index (χ4v) is 1.70. The molecule has 0 bridgehead atoms. The van der Waals surface area contributed by atoms with Crippen LogP contribution in [0.1, 0.15) is 18.2 Å². The summed E-state index contributed by atoms with van der Waals surface area (Å²) in [6.07, 6.45) is 5.40. The molecule has 0 spiro atoms. The van der Waals surface area contributed by atoms with E-state index < -0.39 is 0 Å². The van der Waals surface area contributed by atoms with Gasteiger partial charge < -0.3 is 10.1 Å². The number of aromatic nitrogens is 3. The number of rotatable bonds is 6. The van der Waals surface area contributed by atoms with Gasteiger partial charge in [-0.05, 0) is 25.6 Å². The number of nitrogens with zero attached hydrogens (tertiary/aromatic N) is 3. The molecule has 18 heavy (non-hydrogen) atoms. The smallest absolute Gasteiger partial charge is 0.157 e. The third kappa shape index (κ3) is 3.07. The van der Waals surface area contributed by atoms with E-state index in [1.165, 1.54) is 0 Å². The van der Waals surface area contributed by atoms with E-state index in [9.17, 15) is 0 Å². The minimum atomic E-state index is 0.466. The van der Waals surface area contributed by atoms with Gasteiger partial charge >= 0.3 is 0 Å². The van der Waals surface area contributed by atoms with Crippen molar-refractivity contribution in [1.29, 1.82) is 0 Å². The largest absolute Gasteiger partial charge is 0.484 e. The van der Waals surface area contributed by atoms with Crippen molar-refractivity contribution < 1.29 is 4.74 Å². The highest BCUT2D eigenvalue weighted by Crippen LogP contribution is 2.12. The van der Waals surface area contributed by atoms with Crippen LogP contribution in [0.4, 0.5) is 0 Å². The van der Waals surface area contributed by atoms with Gasteiger partial charge in [0.05, 0.1) is 18.1 Å². The molecule has 2 aromatic rings. The maximum atomic E-state index is 5.69. The number of pyridine rings is 1. The molecular formula is C13H18N4O. The summed E-state index contributed by atoms with van der Waals surface area (Å²) in [5.74, 6) is 0.776. The van der Waals surface area contributed by atoms with Crippen molar-refractivity contribution in [2.45, 2.75) is 26.6 Å². The quantitative estimate of drug-likeness (QED) is 0.841. The van der Waals surface area contributed by atoms with Crippen LogP contribution in [0, 0.1) is 0 Å². The summed E-state index contributed by atoms with van der Waals surface area (Å²) in [6.45, 7) is 4.15. The first kappa shape index (κ1) is 12.6. The SMILES string of the molecule is CCn1cc(OCc2ncccc2CNC)cn1. The van der Waals surface area contributed by atoms with Gasteiger partial charge in [0, 0.05) is 19.3 Å². The number of nitrogens with one attached hydrogen (secondary N) is 1. The van der Waals surface area contributed by atoms with Crippen LogP contribution in [-0.4, -0.2) is 21.8 Å². The first-order valence-electron chi connectivity index (χ1n) is 6.06. The van der Waals surface area contributed by atoms with Crippen molar-refractivity contribution in [3.63, 3.8) is 0 Å². The van der Waals surface area contributed by atoms with E-state index >= 15 is 0 Å². The Labute approximate surface area is 107 Å². The Kier molecular flexibility index (Phi) is 4.30. The Hall–Kier alpha value is -1.88. The van der Waals surface area contributed by atoms with Crippen LogP contribution in [-0.2, 0) is 19.7 Å². The van der Waals surface area contributed by atoms with Gasteiger partial charge in [-0.3, -0.25) is 9.67 Å². The average Bonchev–Trinajstić information content (AvgIpc) is 2.86. The van der Waals surface area contributed by atoms with Crippen LogP contribution in [0.2, 0.25) is 0 Å². The summed E-state index contributed by atoms with van der Waals surface area (Å²) < 4.78 is 7.52. The van der Waals surface area contributed by atoms with Gasteiger partial charge in [-0.1, -0.05) is 6.07 Å². The first-order chi connectivity index (χ1) is 8.83. The molecule has 0 amide bonds. The molecule has 2 rings (SSSR count). The molecule has 0 saturated heterocycles. The maximum absolute atomic E-state index is 5.69. The second-order valence-electron chi connectivity index (χ2n) is 3.96. The second-order valence-corrected chi connectivity index (χ2v) is 3.96. The fourth-order valence-electron chi connectivity index (χ4n) is 1.70. The van der Waals surface area contributed by atoms with Crippen LogP contribution in [0.5, 0.6) is 5.75 Å². The Morgan fingerprint density at radius 2 is 2.33 bits per heavy atom. The summed E-state index contributed by atoms with van der Waals surface area (Å²) in [5.41, 5.74) is 2.11. The average molecular weight is 246 g/mol. The highest BCUT2D eigenvalue weighted by Gasteiger charge is 2.04. The van der Waals surface area contributed by atoms with Crippen molar-refractivity contribution in [2.75, 3.05) is 7.05 Å². The van der Waals surface area contributed by atoms with Crippen LogP contribution >= 0.6 is 0 Å². The van der Waals surface area contributed by atoms with Crippen molar-refractivity contribution in [1.82, 2.24) is 20.1 Å². The van der Waals surface area contributed by atoms with Crippen LogP contribution < -0.4 is 10.1 Å². The number of hydrogen-bond acceptors (Lipinski definition) is 4. The predicted octanol–water partition coefficient (Wildman–Crippen LogP) is 1.60. The van der Waals surface area contributed by atoms with Gasteiger partial charge in [-0.15, -0.1) is 0 Å². The van der Waals surface area contributed by atoms with Crippen molar-refractivity contribution in [3.05, 3.63) is 42.0 Å². The van der Waals surface area contributed by atoms with Crippen LogP contribution in [0.25, 0.3) is 0 Å². The summed E-state index contributed by atoms with van der Waals surface area (Å²) >= 11 is 0. The third-order valence-corrected chi connectivity index (χ3v) is 2.66. The van der Waals surface area contributed by atoms with Crippen LogP contribution in [0.15, 0.2) is 30.7 Å². The van der Waals surface area contributed by atoms with Gasteiger partial charge in [-0.2, -0.15) is 5.10 Å². The molecule has 1 N–H and O–H groups in total. The van der Waals surface area contributed by atoms with Gasteiger partial charge in [0.25, 0.3) is 0 Å². The lowest BCUT2D eigenvalue weighted by Gasteiger charge is -2.08. The minimum Gasteiger partial charge on any atom is -0.484 e. The van der Waals surface area contributed by atoms with E-state index in [1.54, 1.807) is 12.4 Å². The number of hydrogen-bond donors (Lipinski definition) is 1. The zero-order valence-corrected chi connectivity index (χ0v) is 10.8. The zero-order valence-electron chi connectivity index (χ0n) is 10.8. The zero-order chi connectivity index (χ0) is 12.8. The summed E-state index contributed by atoms with van der Waals surface area (Å²) in [4.78, 5) is 4.35. The monoisotopic (exact) mass is 246 g/mol. The van der Waals surface area contributed by atoms with Crippen molar-refractivity contribution in [3.8, 4) is 5.75 Å². The summed E-state index contributed by atoms with van der Waals surface area (Å²) in [6, 6.07) is 3.99. The fraction of sp³-hybridized carbons (Fsp3) is 0.385. The van der Waals surface area contributed by atoms with Gasteiger partial charge in [-0.25, -0.2) is 0 Å². The Bertz CT molecular complexity index is 495. The molecule has 0 aliphatic rings. The highest BCUT2D eigenvalue weighted by atomic mass is 16.5. The topological polar surface area (TPSA) is 52.0 Å². The van der Waals surface area contributed by atoms with E-state index in [0.29, 0.717) is 6.61 Å². The normalized spacial score (nSPS) is 10.6. The van der Waals surface area contributed by atoms with Gasteiger partial charge in [0.1, 0.15) is 6.61 Å². The minimum absolute atomic E-state index is 0.466. The molecule has 0 aliphatic heterocycles. The lowest BCUT2D eigenvalue weighted by molar-refractivity contribution is 0.299. The lowest BCUT2D eigenvalue weighted by atomic mass is 10.2. The molecular weight excluding hydrogens is 228 g/mol. The Balaban J connectivity index is 2.01. The molecule has 96 valence electrons. The summed E-state index contributed by atoms with van der Waals surface area (Å²) in [7, 11) is 1.92. The molecule has 2 heterocycles. The molecule has 5 heteroatoms. The molecule has 0 fully saturated rings. The van der Waals surface area contributed by atoms with E-state index in [0.717, 1.165) is 30.1 Å². The molecule has 2 aromatic heterocycles. The van der Waals surface area contributed by atoms with E-state index in [4.69, 9.17) is 4.74 Å². The summed E-state index contributed by atoms with van der Waals surface area (Å²) in [5, 5.41) is 7.29.